The molecule has 31 heavy (non-hydrogen) atoms. The highest BCUT2D eigenvalue weighted by Crippen LogP contribution is 2.37. The molecule has 0 fully saturated rings. The smallest absolute Gasteiger partial charge is 0.293 e. The standard InChI is InChI=1S/C21H20FN5O4/c1-10(19(23)28)30-12-8-14-17-16(9-12)29-5-3-2-4-27(17)20(25-14)11-6-13(22)18-15(7-11)26-21(24)31-18/h6-10H,2-5H2,1H3,(H2,23,28)(H2,24,26)/t10-/m0/s1. The molecule has 1 atom stereocenters. The molecule has 1 aliphatic heterocycles. The molecule has 3 heterocycles. The van der Waals surface area contributed by atoms with Crippen molar-refractivity contribution >= 4 is 34.1 Å². The molecule has 0 saturated carbocycles. The van der Waals surface area contributed by atoms with Gasteiger partial charge < -0.3 is 29.9 Å². The van der Waals surface area contributed by atoms with E-state index in [1.54, 1.807) is 25.1 Å². The predicted molar refractivity (Wildman–Crippen MR) is 111 cm³/mol. The van der Waals surface area contributed by atoms with Gasteiger partial charge in [-0.2, -0.15) is 4.98 Å². The number of aromatic nitrogens is 3. The maximum atomic E-state index is 14.6. The van der Waals surface area contributed by atoms with E-state index in [1.165, 1.54) is 6.07 Å². The summed E-state index contributed by atoms with van der Waals surface area (Å²) in [7, 11) is 0. The van der Waals surface area contributed by atoms with E-state index in [4.69, 9.17) is 30.3 Å². The number of imidazole rings is 1. The van der Waals surface area contributed by atoms with Gasteiger partial charge in [-0.25, -0.2) is 9.37 Å². The Morgan fingerprint density at radius 1 is 1.23 bits per heavy atom. The molecule has 5 rings (SSSR count). The van der Waals surface area contributed by atoms with Gasteiger partial charge >= 0.3 is 0 Å². The summed E-state index contributed by atoms with van der Waals surface area (Å²) in [5, 5.41) is 0. The van der Waals surface area contributed by atoms with E-state index in [-0.39, 0.29) is 11.6 Å². The molecule has 0 bridgehead atoms. The van der Waals surface area contributed by atoms with Gasteiger partial charge in [-0.3, -0.25) is 4.79 Å². The highest BCUT2D eigenvalue weighted by Gasteiger charge is 2.22. The fraction of sp³-hybridized carbons (Fsp3) is 0.286. The summed E-state index contributed by atoms with van der Waals surface area (Å²) in [6.45, 7) is 2.80. The number of primary amides is 1. The van der Waals surface area contributed by atoms with E-state index in [1.807, 2.05) is 4.57 Å². The monoisotopic (exact) mass is 425 g/mol. The van der Waals surface area contributed by atoms with Gasteiger partial charge in [0.25, 0.3) is 11.9 Å². The normalized spacial score (nSPS) is 14.8. The summed E-state index contributed by atoms with van der Waals surface area (Å²) in [4.78, 5) is 20.2. The van der Waals surface area contributed by atoms with Crippen LogP contribution in [0, 0.1) is 5.82 Å². The summed E-state index contributed by atoms with van der Waals surface area (Å²) in [5.74, 6) is 0.402. The molecule has 4 aromatic rings. The fourth-order valence-electron chi connectivity index (χ4n) is 3.78. The number of nitrogens with zero attached hydrogens (tertiary/aromatic N) is 3. The van der Waals surface area contributed by atoms with E-state index < -0.39 is 17.8 Å². The first-order valence-electron chi connectivity index (χ1n) is 9.89. The third-order valence-electron chi connectivity index (χ3n) is 5.25. The number of ether oxygens (including phenoxy) is 2. The molecule has 10 heteroatoms. The van der Waals surface area contributed by atoms with Crippen LogP contribution in [0.4, 0.5) is 10.4 Å². The number of fused-ring (bicyclic) bond motifs is 1. The SMILES string of the molecule is C[C@H](Oc1cc2c3c(c1)nc(-c1cc(F)c4oc(N)nc4c1)n3CCCCO2)C(N)=O. The zero-order chi connectivity index (χ0) is 21.7. The van der Waals surface area contributed by atoms with Crippen molar-refractivity contribution in [3.63, 3.8) is 0 Å². The van der Waals surface area contributed by atoms with E-state index >= 15 is 0 Å². The summed E-state index contributed by atoms with van der Waals surface area (Å²) in [6, 6.07) is 6.37. The van der Waals surface area contributed by atoms with Crippen LogP contribution >= 0.6 is 0 Å². The first-order chi connectivity index (χ1) is 14.9. The van der Waals surface area contributed by atoms with Crippen molar-refractivity contribution in [2.24, 2.45) is 5.73 Å². The number of rotatable bonds is 4. The summed E-state index contributed by atoms with van der Waals surface area (Å²) in [5.41, 5.74) is 13.1. The van der Waals surface area contributed by atoms with Crippen LogP contribution in [0.1, 0.15) is 19.8 Å². The van der Waals surface area contributed by atoms with Gasteiger partial charge in [0.15, 0.2) is 17.5 Å². The minimum absolute atomic E-state index is 0.00479. The van der Waals surface area contributed by atoms with Crippen LogP contribution < -0.4 is 20.9 Å². The molecule has 0 aliphatic carbocycles. The Labute approximate surface area is 175 Å². The van der Waals surface area contributed by atoms with Gasteiger partial charge in [-0.05, 0) is 31.9 Å². The summed E-state index contributed by atoms with van der Waals surface area (Å²) in [6.07, 6.45) is 0.902. The lowest BCUT2D eigenvalue weighted by atomic mass is 10.1. The topological polar surface area (TPSA) is 131 Å². The number of halogens is 1. The van der Waals surface area contributed by atoms with Gasteiger partial charge in [-0.15, -0.1) is 0 Å². The largest absolute Gasteiger partial charge is 0.491 e. The Morgan fingerprint density at radius 2 is 2.06 bits per heavy atom. The summed E-state index contributed by atoms with van der Waals surface area (Å²) < 4.78 is 33.4. The molecule has 1 amide bonds. The summed E-state index contributed by atoms with van der Waals surface area (Å²) >= 11 is 0. The Balaban J connectivity index is 1.70. The lowest BCUT2D eigenvalue weighted by molar-refractivity contribution is -0.123. The Bertz CT molecular complexity index is 1330. The maximum Gasteiger partial charge on any atom is 0.293 e. The third-order valence-corrected chi connectivity index (χ3v) is 5.25. The minimum atomic E-state index is -0.811. The Morgan fingerprint density at radius 3 is 2.87 bits per heavy atom. The van der Waals surface area contributed by atoms with Crippen molar-refractivity contribution in [2.75, 3.05) is 12.3 Å². The number of nitrogens with two attached hydrogens (primary N) is 2. The molecule has 0 spiro atoms. The van der Waals surface area contributed by atoms with Crippen LogP contribution in [-0.4, -0.2) is 33.2 Å². The quantitative estimate of drug-likeness (QED) is 0.514. The van der Waals surface area contributed by atoms with Crippen LogP contribution in [-0.2, 0) is 11.3 Å². The average Bonchev–Trinajstić information content (AvgIpc) is 3.25. The number of hydrogen-bond donors (Lipinski definition) is 2. The average molecular weight is 425 g/mol. The van der Waals surface area contributed by atoms with Crippen molar-refractivity contribution < 1.29 is 23.1 Å². The number of aryl methyl sites for hydroxylation is 1. The van der Waals surface area contributed by atoms with E-state index in [0.29, 0.717) is 47.1 Å². The van der Waals surface area contributed by atoms with E-state index in [2.05, 4.69) is 4.98 Å². The number of hydrogen-bond acceptors (Lipinski definition) is 7. The number of benzene rings is 2. The van der Waals surface area contributed by atoms with E-state index in [9.17, 15) is 9.18 Å². The zero-order valence-corrected chi connectivity index (χ0v) is 16.7. The van der Waals surface area contributed by atoms with Gasteiger partial charge in [0.05, 0.1) is 12.1 Å². The number of oxazole rings is 1. The number of amides is 1. The molecule has 0 saturated heterocycles. The van der Waals surface area contributed by atoms with Crippen molar-refractivity contribution in [1.82, 2.24) is 14.5 Å². The van der Waals surface area contributed by atoms with Crippen LogP contribution in [0.3, 0.4) is 0 Å². The molecule has 1 aliphatic rings. The first-order valence-corrected chi connectivity index (χ1v) is 9.89. The van der Waals surface area contributed by atoms with Crippen LogP contribution in [0.25, 0.3) is 33.5 Å². The Hall–Kier alpha value is -3.82. The number of nitrogen functional groups attached to an aromatic ring is 1. The molecule has 0 radical (unpaired) electrons. The number of carbonyl (C=O) groups excluding carboxylic acids is 1. The molecular weight excluding hydrogens is 405 g/mol. The molecule has 4 N–H and O–H groups in total. The van der Waals surface area contributed by atoms with Crippen LogP contribution in [0.15, 0.2) is 28.7 Å². The first kappa shape index (κ1) is 19.2. The molecule has 2 aromatic carbocycles. The second-order valence-corrected chi connectivity index (χ2v) is 7.45. The zero-order valence-electron chi connectivity index (χ0n) is 16.7. The fourth-order valence-corrected chi connectivity index (χ4v) is 3.78. The van der Waals surface area contributed by atoms with Crippen LogP contribution in [0.2, 0.25) is 0 Å². The lowest BCUT2D eigenvalue weighted by Gasteiger charge is -2.18. The van der Waals surface area contributed by atoms with Crippen LogP contribution in [0.5, 0.6) is 11.5 Å². The molecule has 9 nitrogen and oxygen atoms in total. The van der Waals surface area contributed by atoms with Gasteiger partial charge in [-0.1, -0.05) is 0 Å². The number of anilines is 1. The second-order valence-electron chi connectivity index (χ2n) is 7.45. The number of carbonyl (C=O) groups is 1. The highest BCUT2D eigenvalue weighted by molar-refractivity contribution is 5.89. The van der Waals surface area contributed by atoms with Gasteiger partial charge in [0, 0.05) is 24.2 Å². The van der Waals surface area contributed by atoms with E-state index in [0.717, 1.165) is 18.4 Å². The van der Waals surface area contributed by atoms with Crippen molar-refractivity contribution in [3.05, 3.63) is 30.1 Å². The third kappa shape index (κ3) is 3.29. The molecule has 2 aromatic heterocycles. The van der Waals surface area contributed by atoms with Gasteiger partial charge in [0.1, 0.15) is 28.4 Å². The maximum absolute atomic E-state index is 14.6. The predicted octanol–water partition coefficient (Wildman–Crippen LogP) is 2.99. The minimum Gasteiger partial charge on any atom is -0.491 e. The van der Waals surface area contributed by atoms with Crippen molar-refractivity contribution in [1.29, 1.82) is 0 Å². The second kappa shape index (κ2) is 7.15. The van der Waals surface area contributed by atoms with Crippen molar-refractivity contribution in [2.45, 2.75) is 32.4 Å². The molecular formula is C21H20FN5O4. The Kier molecular flexibility index (Phi) is 4.42. The van der Waals surface area contributed by atoms with Gasteiger partial charge in [0.2, 0.25) is 0 Å². The molecule has 160 valence electrons. The highest BCUT2D eigenvalue weighted by atomic mass is 19.1. The lowest BCUT2D eigenvalue weighted by Crippen LogP contribution is -2.30. The molecule has 0 unspecified atom stereocenters. The van der Waals surface area contributed by atoms with Crippen molar-refractivity contribution in [3.8, 4) is 22.9 Å².